The normalized spacial score (nSPS) is 18.1. The first-order valence-corrected chi connectivity index (χ1v) is 5.37. The molecular formula is C11H24N2O2. The van der Waals surface area contributed by atoms with Gasteiger partial charge in [-0.1, -0.05) is 27.7 Å². The molecule has 0 aliphatic rings. The summed E-state index contributed by atoms with van der Waals surface area (Å²) in [4.78, 5) is 11.7. The van der Waals surface area contributed by atoms with Crippen molar-refractivity contribution in [3.05, 3.63) is 0 Å². The van der Waals surface area contributed by atoms with Crippen LogP contribution in [0.5, 0.6) is 0 Å². The highest BCUT2D eigenvalue weighted by Crippen LogP contribution is 2.17. The molecule has 0 saturated heterocycles. The van der Waals surface area contributed by atoms with E-state index in [1.54, 1.807) is 0 Å². The number of carbonyl (C=O) groups excluding carboxylic acids is 1. The largest absolute Gasteiger partial charge is 0.396 e. The number of hydrogen-bond donors (Lipinski definition) is 3. The van der Waals surface area contributed by atoms with Crippen molar-refractivity contribution in [2.24, 2.45) is 17.1 Å². The molecule has 0 rings (SSSR count). The molecule has 4 nitrogen and oxygen atoms in total. The van der Waals surface area contributed by atoms with E-state index in [0.29, 0.717) is 0 Å². The summed E-state index contributed by atoms with van der Waals surface area (Å²) in [6, 6.07) is -0.582. The van der Waals surface area contributed by atoms with Crippen molar-refractivity contribution in [2.45, 2.75) is 46.7 Å². The summed E-state index contributed by atoms with van der Waals surface area (Å²) in [6.07, 6.45) is 0. The molecule has 4 N–H and O–H groups in total. The Morgan fingerprint density at radius 2 is 1.87 bits per heavy atom. The number of nitrogens with one attached hydrogen (secondary N) is 1. The Morgan fingerprint density at radius 1 is 1.40 bits per heavy atom. The van der Waals surface area contributed by atoms with Crippen molar-refractivity contribution in [1.82, 2.24) is 5.32 Å². The van der Waals surface area contributed by atoms with Crippen LogP contribution in [0.1, 0.15) is 34.6 Å². The molecule has 0 aromatic heterocycles. The molecule has 3 atom stereocenters. The van der Waals surface area contributed by atoms with Crippen molar-refractivity contribution in [3.63, 3.8) is 0 Å². The maximum absolute atomic E-state index is 11.7. The average Bonchev–Trinajstić information content (AvgIpc) is 2.13. The third-order valence-electron chi connectivity index (χ3n) is 2.73. The average molecular weight is 216 g/mol. The summed E-state index contributed by atoms with van der Waals surface area (Å²) < 4.78 is 0. The summed E-state index contributed by atoms with van der Waals surface area (Å²) >= 11 is 0. The molecule has 0 fully saturated rings. The summed E-state index contributed by atoms with van der Waals surface area (Å²) in [6.45, 7) is 9.60. The van der Waals surface area contributed by atoms with Gasteiger partial charge in [0.15, 0.2) is 0 Å². The van der Waals surface area contributed by atoms with Gasteiger partial charge in [-0.3, -0.25) is 4.79 Å². The minimum atomic E-state index is -0.522. The van der Waals surface area contributed by atoms with Crippen molar-refractivity contribution in [3.8, 4) is 0 Å². The van der Waals surface area contributed by atoms with Crippen LogP contribution in [0.3, 0.4) is 0 Å². The molecular weight excluding hydrogens is 192 g/mol. The second-order valence-electron chi connectivity index (χ2n) is 5.30. The fourth-order valence-corrected chi connectivity index (χ4v) is 1.01. The fraction of sp³-hybridized carbons (Fsp3) is 0.909. The van der Waals surface area contributed by atoms with E-state index in [9.17, 15) is 4.79 Å². The number of aliphatic hydroxyl groups is 1. The number of aliphatic hydroxyl groups excluding tert-OH is 1. The summed E-state index contributed by atoms with van der Waals surface area (Å²) in [5, 5.41) is 11.7. The predicted octanol–water partition coefficient (Wildman–Crippen LogP) is 0.493. The van der Waals surface area contributed by atoms with Crippen LogP contribution in [0, 0.1) is 11.3 Å². The van der Waals surface area contributed by atoms with Crippen molar-refractivity contribution in [2.75, 3.05) is 6.61 Å². The number of rotatable bonds is 4. The van der Waals surface area contributed by atoms with Crippen molar-refractivity contribution in [1.29, 1.82) is 0 Å². The highest BCUT2D eigenvalue weighted by molar-refractivity contribution is 5.82. The van der Waals surface area contributed by atoms with Crippen LogP contribution >= 0.6 is 0 Å². The van der Waals surface area contributed by atoms with E-state index in [0.717, 1.165) is 0 Å². The molecule has 15 heavy (non-hydrogen) atoms. The number of carbonyl (C=O) groups is 1. The summed E-state index contributed by atoms with van der Waals surface area (Å²) in [7, 11) is 0. The zero-order chi connectivity index (χ0) is 12.2. The number of nitrogens with two attached hydrogens (primary N) is 1. The molecule has 0 aromatic carbocycles. The highest BCUT2D eigenvalue weighted by atomic mass is 16.3. The Balaban J connectivity index is 4.26. The molecule has 0 bridgehead atoms. The van der Waals surface area contributed by atoms with Gasteiger partial charge < -0.3 is 16.2 Å². The molecule has 2 unspecified atom stereocenters. The molecule has 0 spiro atoms. The van der Waals surface area contributed by atoms with Gasteiger partial charge in [0, 0.05) is 12.6 Å². The first kappa shape index (κ1) is 14.4. The predicted molar refractivity (Wildman–Crippen MR) is 61.3 cm³/mol. The van der Waals surface area contributed by atoms with Gasteiger partial charge in [-0.25, -0.2) is 0 Å². The zero-order valence-electron chi connectivity index (χ0n) is 10.4. The van der Waals surface area contributed by atoms with Gasteiger partial charge in [-0.2, -0.15) is 0 Å². The molecule has 1 amide bonds. The standard InChI is InChI=1S/C11H24N2O2/c1-7(6-14)8(2)13-10(15)9(12)11(3,4)5/h7-9,14H,6,12H2,1-5H3,(H,13,15)/t7?,8?,9-/m0/s1. The van der Waals surface area contributed by atoms with E-state index in [1.165, 1.54) is 0 Å². The highest BCUT2D eigenvalue weighted by Gasteiger charge is 2.28. The molecule has 90 valence electrons. The van der Waals surface area contributed by atoms with Crippen LogP contribution in [0.4, 0.5) is 0 Å². The Labute approximate surface area is 92.2 Å². The molecule has 4 heteroatoms. The monoisotopic (exact) mass is 216 g/mol. The Kier molecular flexibility index (Phi) is 5.24. The molecule has 0 aromatic rings. The third-order valence-corrected chi connectivity index (χ3v) is 2.73. The first-order chi connectivity index (χ1) is 6.70. The number of amides is 1. The van der Waals surface area contributed by atoms with Crippen LogP contribution < -0.4 is 11.1 Å². The minimum Gasteiger partial charge on any atom is -0.396 e. The molecule has 0 aliphatic carbocycles. The topological polar surface area (TPSA) is 75.3 Å². The van der Waals surface area contributed by atoms with E-state index in [-0.39, 0.29) is 29.9 Å². The molecule has 0 saturated carbocycles. The summed E-state index contributed by atoms with van der Waals surface area (Å²) in [5.74, 6) is -0.114. The van der Waals surface area contributed by atoms with E-state index >= 15 is 0 Å². The quantitative estimate of drug-likeness (QED) is 0.640. The second kappa shape index (κ2) is 5.47. The van der Waals surface area contributed by atoms with Crippen molar-refractivity contribution >= 4 is 5.91 Å². The van der Waals surface area contributed by atoms with Gasteiger partial charge in [0.05, 0.1) is 6.04 Å². The van der Waals surface area contributed by atoms with Crippen LogP contribution in [-0.4, -0.2) is 29.7 Å². The number of hydrogen-bond acceptors (Lipinski definition) is 3. The van der Waals surface area contributed by atoms with E-state index < -0.39 is 6.04 Å². The lowest BCUT2D eigenvalue weighted by Crippen LogP contribution is -2.52. The van der Waals surface area contributed by atoms with Gasteiger partial charge in [0.1, 0.15) is 0 Å². The third kappa shape index (κ3) is 4.62. The Morgan fingerprint density at radius 3 is 2.20 bits per heavy atom. The molecule has 0 radical (unpaired) electrons. The van der Waals surface area contributed by atoms with Gasteiger partial charge in [0.25, 0.3) is 0 Å². The van der Waals surface area contributed by atoms with Gasteiger partial charge in [-0.05, 0) is 18.3 Å². The Bertz CT molecular complexity index is 211. The zero-order valence-corrected chi connectivity index (χ0v) is 10.4. The van der Waals surface area contributed by atoms with Gasteiger partial charge in [0.2, 0.25) is 5.91 Å². The van der Waals surface area contributed by atoms with Crippen LogP contribution in [0.2, 0.25) is 0 Å². The Hall–Kier alpha value is -0.610. The van der Waals surface area contributed by atoms with Gasteiger partial charge >= 0.3 is 0 Å². The van der Waals surface area contributed by atoms with E-state index in [2.05, 4.69) is 5.32 Å². The fourth-order valence-electron chi connectivity index (χ4n) is 1.01. The van der Waals surface area contributed by atoms with Gasteiger partial charge in [-0.15, -0.1) is 0 Å². The molecule has 0 heterocycles. The second-order valence-corrected chi connectivity index (χ2v) is 5.30. The lowest BCUT2D eigenvalue weighted by Gasteiger charge is -2.28. The van der Waals surface area contributed by atoms with Crippen LogP contribution in [-0.2, 0) is 4.79 Å². The lowest BCUT2D eigenvalue weighted by atomic mass is 9.86. The smallest absolute Gasteiger partial charge is 0.237 e. The minimum absolute atomic E-state index is 0.0427. The SMILES string of the molecule is CC(CO)C(C)NC(=O)[C@H](N)C(C)(C)C. The van der Waals surface area contributed by atoms with Crippen molar-refractivity contribution < 1.29 is 9.90 Å². The molecule has 0 aliphatic heterocycles. The van der Waals surface area contributed by atoms with Crippen LogP contribution in [0.25, 0.3) is 0 Å². The maximum atomic E-state index is 11.7. The van der Waals surface area contributed by atoms with Crippen LogP contribution in [0.15, 0.2) is 0 Å². The first-order valence-electron chi connectivity index (χ1n) is 5.37. The summed E-state index contributed by atoms with van der Waals surface area (Å²) in [5.41, 5.74) is 5.57. The van der Waals surface area contributed by atoms with E-state index in [1.807, 2.05) is 34.6 Å². The lowest BCUT2D eigenvalue weighted by molar-refractivity contribution is -0.125. The van der Waals surface area contributed by atoms with E-state index in [4.69, 9.17) is 10.8 Å². The maximum Gasteiger partial charge on any atom is 0.237 e.